The van der Waals surface area contributed by atoms with Crippen molar-refractivity contribution in [2.75, 3.05) is 110 Å². The molecule has 3 aromatic carbocycles. The number of aromatic nitrogens is 9. The molecule has 696 valence electrons. The highest BCUT2D eigenvalue weighted by Gasteiger charge is 2.38. The first kappa shape index (κ1) is 99.4. The highest BCUT2D eigenvalue weighted by Crippen LogP contribution is 2.50. The fraction of sp³-hybridized carbons (Fsp3) is 0.258. The van der Waals surface area contributed by atoms with Crippen molar-refractivity contribution in [2.45, 2.75) is 80.1 Å². The number of carbonyl (C=O) groups is 3. The van der Waals surface area contributed by atoms with Gasteiger partial charge in [0.05, 0.1) is 120 Å². The van der Waals surface area contributed by atoms with Gasteiger partial charge in [-0.15, -0.1) is 0 Å². The lowest BCUT2D eigenvalue weighted by molar-refractivity contribution is -0.127. The monoisotopic (exact) mass is 2000 g/mol. The quantitative estimate of drug-likeness (QED) is 0.0282. The van der Waals surface area contributed by atoms with E-state index in [2.05, 4.69) is 50.7 Å². The number of aryl methyl sites for hydroxylation is 3. The van der Waals surface area contributed by atoms with Gasteiger partial charge in [-0.05, 0) is 110 Å². The largest absolute Gasteiger partial charge is 0.395 e. The van der Waals surface area contributed by atoms with Crippen LogP contribution in [0.15, 0.2) is 107 Å². The van der Waals surface area contributed by atoms with Crippen LogP contribution in [0.25, 0.3) is 83.9 Å². The highest BCUT2D eigenvalue weighted by molar-refractivity contribution is 6.48. The van der Waals surface area contributed by atoms with Gasteiger partial charge >= 0.3 is 0 Å². The third-order valence-electron chi connectivity index (χ3n) is 23.2. The van der Waals surface area contributed by atoms with Crippen LogP contribution < -0.4 is 48.6 Å². The van der Waals surface area contributed by atoms with E-state index in [1.165, 1.54) is 44.1 Å². The van der Waals surface area contributed by atoms with Gasteiger partial charge in [0.2, 0.25) is 17.7 Å². The molecule has 0 radical (unpaired) electrons. The topological polar surface area (TPSA) is 363 Å². The van der Waals surface area contributed by atoms with Crippen molar-refractivity contribution in [1.29, 1.82) is 15.8 Å². The van der Waals surface area contributed by atoms with Crippen LogP contribution in [0.5, 0.6) is 0 Å². The SMILES string of the molecule is C=CC(=O)N1CCN(c2c(C#N)c(=O)n(-c3c(C)ccnc3C(C)C)c3nc(-c4c(Cl)c(N)c(F)c(Cl)c4Cl)c(Cl)cc23)CC1.C=CC(=O)N1CCN(c2c(C#N)c(=O)n(-c3c(C)ccnc3C(C)C)c3nc(-c4c(F)c(N)c(F)c(Cl)c4F)c(Cl)cc23)CC1.C=CC(=O)N1CCN(c2c(C#N)c(=O)n(-c3c(C)ccnc3C(C)C)c3nc(-c4c(F)c(N)c(F)c(F)c4Cl)c(Cl)cc23)CC1. The minimum atomic E-state index is -1.67. The van der Waals surface area contributed by atoms with Crippen molar-refractivity contribution in [3.8, 4) is 69.0 Å². The van der Waals surface area contributed by atoms with Crippen molar-refractivity contribution in [2.24, 2.45) is 0 Å². The summed E-state index contributed by atoms with van der Waals surface area (Å²) < 4.78 is 108. The Morgan fingerprint density at radius 1 is 0.378 bits per heavy atom. The molecule has 12 heterocycles. The minimum Gasteiger partial charge on any atom is -0.395 e. The number of nitrogens with two attached hydrogens (primary N) is 3. The van der Waals surface area contributed by atoms with E-state index in [1.54, 1.807) is 81.2 Å². The average Bonchev–Trinajstić information content (AvgIpc) is 0.728. The smallest absolute Gasteiger partial charge is 0.276 e. The Morgan fingerprint density at radius 2 is 0.667 bits per heavy atom. The molecule has 0 aliphatic carbocycles. The van der Waals surface area contributed by atoms with Crippen LogP contribution in [0.2, 0.25) is 40.2 Å². The van der Waals surface area contributed by atoms with Gasteiger partial charge in [-0.3, -0.25) is 57.4 Å². The number of anilines is 6. The molecular weight excluding hydrogens is 1920 g/mol. The Labute approximate surface area is 806 Å². The number of rotatable bonds is 15. The van der Waals surface area contributed by atoms with E-state index in [1.807, 2.05) is 65.5 Å². The summed E-state index contributed by atoms with van der Waals surface area (Å²) in [6.45, 7) is 30.6. The molecule has 0 saturated carbocycles. The van der Waals surface area contributed by atoms with Gasteiger partial charge in [-0.1, -0.05) is 154 Å². The number of amides is 3. The molecular formula is C93H78Cl8F7N21O6. The molecule has 42 heteroatoms. The third-order valence-corrected chi connectivity index (χ3v) is 26.0. The number of fused-ring (bicyclic) bond motifs is 3. The third kappa shape index (κ3) is 17.7. The normalized spacial score (nSPS) is 13.4. The average molecular weight is 2000 g/mol. The Balaban J connectivity index is 0.000000171. The molecule has 9 aromatic heterocycles. The standard InChI is InChI=1S/C31H26Cl4FN7O2.2C31H26Cl2F3N7O2/c1-5-19(44)41-8-10-42(11-9-41)29-16-12-18(32)27(20-21(33)23(35)24(36)25(38)22(20)34)40-30(16)43(31(45)17(29)13-37)28-15(4)6-7-39-26(28)14(2)3;1-5-19(44)41-8-10-42(11-9-41)29-16-12-18(32)27(20-22(34)21(33)24(36)25(38)23(20)35)40-30(16)43(31(45)17(29)13-37)28-15(4)6-7-39-26(28)14(2)3;1-5-19(44)41-8-10-42(11-9-41)29-16-12-18(32)27(20-21(33)23(35)24(36)25(38)22(20)34)40-30(16)43(31(45)17(29)13-37)28-15(4)6-7-39-26(28)14(2)3/h3*5-7,12,14H,1,8-11,38H2,2-4H3. The van der Waals surface area contributed by atoms with E-state index in [4.69, 9.17) is 115 Å². The second-order valence-electron chi connectivity index (χ2n) is 32.2. The maximum absolute atomic E-state index is 15.4. The van der Waals surface area contributed by atoms with Crippen LogP contribution in [0.3, 0.4) is 0 Å². The summed E-state index contributed by atoms with van der Waals surface area (Å²) in [6.07, 6.45) is 8.45. The number of halogens is 15. The maximum Gasteiger partial charge on any atom is 0.276 e. The van der Waals surface area contributed by atoms with Crippen molar-refractivity contribution in [3.05, 3.63) is 255 Å². The molecule has 0 atom stereocenters. The second kappa shape index (κ2) is 39.8. The van der Waals surface area contributed by atoms with Crippen LogP contribution in [0, 0.1) is 95.5 Å². The number of nitrogens with zero attached hydrogens (tertiary/aromatic N) is 18. The molecule has 0 unspecified atom stereocenters. The van der Waals surface area contributed by atoms with Crippen LogP contribution in [-0.2, 0) is 14.4 Å². The summed E-state index contributed by atoms with van der Waals surface area (Å²) in [4.78, 5) is 117. The van der Waals surface area contributed by atoms with Crippen LogP contribution in [-0.4, -0.2) is 155 Å². The van der Waals surface area contributed by atoms with Gasteiger partial charge < -0.3 is 46.6 Å². The van der Waals surface area contributed by atoms with E-state index in [9.17, 15) is 62.1 Å². The van der Waals surface area contributed by atoms with E-state index in [0.717, 1.165) is 0 Å². The highest BCUT2D eigenvalue weighted by atomic mass is 35.5. The summed E-state index contributed by atoms with van der Waals surface area (Å²) in [5.41, 5.74) is 14.3. The van der Waals surface area contributed by atoms with Gasteiger partial charge in [-0.25, -0.2) is 45.7 Å². The molecule has 3 aliphatic rings. The van der Waals surface area contributed by atoms with Crippen molar-refractivity contribution in [1.82, 2.24) is 58.3 Å². The number of hydrogen-bond donors (Lipinski definition) is 3. The van der Waals surface area contributed by atoms with Gasteiger partial charge in [0, 0.05) is 119 Å². The van der Waals surface area contributed by atoms with Crippen LogP contribution in [0.1, 0.15) is 110 Å². The van der Waals surface area contributed by atoms with Gasteiger partial charge in [0.15, 0.2) is 40.7 Å². The summed E-state index contributed by atoms with van der Waals surface area (Å²) in [7, 11) is 0. The fourth-order valence-corrected chi connectivity index (χ4v) is 18.5. The van der Waals surface area contributed by atoms with Gasteiger partial charge in [0.1, 0.15) is 68.2 Å². The molecule has 3 aliphatic heterocycles. The van der Waals surface area contributed by atoms with E-state index in [0.29, 0.717) is 88.1 Å². The first-order valence-electron chi connectivity index (χ1n) is 41.3. The van der Waals surface area contributed by atoms with Crippen LogP contribution >= 0.6 is 92.8 Å². The molecule has 0 spiro atoms. The summed E-state index contributed by atoms with van der Waals surface area (Å²) >= 11 is 51.2. The fourth-order valence-electron chi connectivity index (χ4n) is 16.5. The second-order valence-corrected chi connectivity index (χ2v) is 35.3. The molecule has 0 bridgehead atoms. The van der Waals surface area contributed by atoms with Crippen LogP contribution in [0.4, 0.5) is 64.9 Å². The lowest BCUT2D eigenvalue weighted by Crippen LogP contribution is -2.49. The number of nitriles is 3. The Bertz CT molecular complexity index is 6650. The number of hydrogen-bond acceptors (Lipinski definition) is 21. The Morgan fingerprint density at radius 3 is 0.970 bits per heavy atom. The zero-order chi connectivity index (χ0) is 98.7. The Hall–Kier alpha value is -13.1. The van der Waals surface area contributed by atoms with Crippen molar-refractivity contribution in [3.63, 3.8) is 0 Å². The van der Waals surface area contributed by atoms with Gasteiger partial charge in [0.25, 0.3) is 16.7 Å². The van der Waals surface area contributed by atoms with E-state index >= 15 is 13.2 Å². The summed E-state index contributed by atoms with van der Waals surface area (Å²) in [5, 5.41) is 28.4. The van der Waals surface area contributed by atoms with Gasteiger partial charge in [-0.2, -0.15) is 15.8 Å². The molecule has 135 heavy (non-hydrogen) atoms. The molecule has 12 aromatic rings. The number of nitrogen functional groups attached to an aromatic ring is 3. The molecule has 3 amide bonds. The van der Waals surface area contributed by atoms with E-state index < -0.39 is 112 Å². The predicted octanol–water partition coefficient (Wildman–Crippen LogP) is 18.7. The summed E-state index contributed by atoms with van der Waals surface area (Å²) in [5.74, 6) is -11.3. The first-order valence-corrected chi connectivity index (χ1v) is 44.3. The van der Waals surface area contributed by atoms with Crippen molar-refractivity contribution < 1.29 is 45.1 Å². The molecule has 27 nitrogen and oxygen atoms in total. The zero-order valence-electron chi connectivity index (χ0n) is 73.2. The number of piperazine rings is 3. The molecule has 6 N–H and O–H groups in total. The van der Waals surface area contributed by atoms with E-state index in [-0.39, 0.29) is 180 Å². The number of benzene rings is 3. The first-order chi connectivity index (χ1) is 64.0. The molecule has 3 fully saturated rings. The minimum absolute atomic E-state index is 0.00869. The molecule has 15 rings (SSSR count). The lowest BCUT2D eigenvalue weighted by Gasteiger charge is -2.36. The maximum atomic E-state index is 15.4. The lowest BCUT2D eigenvalue weighted by atomic mass is 10.0. The van der Waals surface area contributed by atoms with Crippen molar-refractivity contribution >= 4 is 178 Å². The number of pyridine rings is 9. The zero-order valence-corrected chi connectivity index (χ0v) is 79.2. The number of carbonyl (C=O) groups excluding carboxylic acids is 3. The Kier molecular flexibility index (Phi) is 29.3. The molecule has 3 saturated heterocycles. The predicted molar refractivity (Wildman–Crippen MR) is 512 cm³/mol. The summed E-state index contributed by atoms with van der Waals surface area (Å²) in [6, 6.07) is 15.5.